The van der Waals surface area contributed by atoms with E-state index in [1.807, 2.05) is 93.6 Å². The number of thioether (sulfide) groups is 1. The number of benzene rings is 2. The van der Waals surface area contributed by atoms with Crippen LogP contribution in [0.1, 0.15) is 32.8 Å². The smallest absolute Gasteiger partial charge is 0.340 e. The lowest BCUT2D eigenvalue weighted by Gasteiger charge is -2.43. The van der Waals surface area contributed by atoms with Crippen LogP contribution in [0.15, 0.2) is 71.6 Å². The van der Waals surface area contributed by atoms with Gasteiger partial charge < -0.3 is 9.47 Å². The molecule has 2 atom stereocenters. The first-order valence-corrected chi connectivity index (χ1v) is 10.8. The largest absolute Gasteiger partial charge is 0.458 e. The van der Waals surface area contributed by atoms with Gasteiger partial charge in [-0.3, -0.25) is 9.69 Å². The third kappa shape index (κ3) is 6.21. The number of nitrogens with zero attached hydrogens (tertiary/aromatic N) is 1. The number of hydrogen-bond acceptors (Lipinski definition) is 5. The molecule has 1 heterocycles. The molecule has 3 rings (SSSR count). The average molecular weight is 426 g/mol. The number of hydrogen-bond donors (Lipinski definition) is 0. The van der Waals surface area contributed by atoms with Crippen LogP contribution >= 0.6 is 11.8 Å². The topological polar surface area (TPSA) is 55.8 Å². The van der Waals surface area contributed by atoms with E-state index in [-0.39, 0.29) is 12.3 Å². The first-order valence-electron chi connectivity index (χ1n) is 9.92. The fourth-order valence-electron chi connectivity index (χ4n) is 2.94. The minimum absolute atomic E-state index is 0.119. The average Bonchev–Trinajstić information content (AvgIpc) is 2.70. The molecule has 0 radical (unpaired) electrons. The van der Waals surface area contributed by atoms with Crippen LogP contribution in [0.2, 0.25) is 0 Å². The van der Waals surface area contributed by atoms with E-state index in [1.54, 1.807) is 0 Å². The molecule has 2 aromatic rings. The predicted molar refractivity (Wildman–Crippen MR) is 119 cm³/mol. The van der Waals surface area contributed by atoms with Crippen molar-refractivity contribution in [2.45, 2.75) is 49.3 Å². The van der Waals surface area contributed by atoms with Crippen LogP contribution in [-0.2, 0) is 19.1 Å². The van der Waals surface area contributed by atoms with Crippen molar-refractivity contribution in [1.29, 1.82) is 0 Å². The number of carbonyl (C=O) groups excluding carboxylic acids is 2. The second kappa shape index (κ2) is 9.96. The van der Waals surface area contributed by atoms with E-state index in [0.29, 0.717) is 6.61 Å². The van der Waals surface area contributed by atoms with Crippen molar-refractivity contribution in [2.75, 3.05) is 6.61 Å². The van der Waals surface area contributed by atoms with E-state index < -0.39 is 23.2 Å². The Balaban J connectivity index is 1.68. The van der Waals surface area contributed by atoms with Crippen molar-refractivity contribution in [3.63, 3.8) is 0 Å². The van der Waals surface area contributed by atoms with Crippen LogP contribution in [0.5, 0.6) is 0 Å². The van der Waals surface area contributed by atoms with Gasteiger partial charge in [0.15, 0.2) is 5.37 Å². The van der Waals surface area contributed by atoms with E-state index in [0.717, 1.165) is 10.5 Å². The number of likely N-dealkylation sites (tertiary alicyclic amines) is 1. The molecular formula is C24H27NO4S. The summed E-state index contributed by atoms with van der Waals surface area (Å²) in [6, 6.07) is 19.4. The van der Waals surface area contributed by atoms with Crippen LogP contribution in [0, 0.1) is 0 Å². The molecule has 1 aliphatic heterocycles. The van der Waals surface area contributed by atoms with Crippen molar-refractivity contribution in [3.05, 3.63) is 72.3 Å². The second-order valence-corrected chi connectivity index (χ2v) is 9.08. The van der Waals surface area contributed by atoms with Crippen molar-refractivity contribution in [3.8, 4) is 0 Å². The zero-order valence-corrected chi connectivity index (χ0v) is 18.3. The molecule has 1 saturated heterocycles. The molecule has 5 nitrogen and oxygen atoms in total. The number of carbonyl (C=O) groups is 2. The highest BCUT2D eigenvalue weighted by atomic mass is 32.2. The number of amides is 1. The Morgan fingerprint density at radius 2 is 1.77 bits per heavy atom. The molecule has 0 bridgehead atoms. The Labute approximate surface area is 182 Å². The van der Waals surface area contributed by atoms with E-state index in [9.17, 15) is 9.59 Å². The molecule has 30 heavy (non-hydrogen) atoms. The fraction of sp³-hybridized carbons (Fsp3) is 0.333. The zero-order valence-electron chi connectivity index (χ0n) is 17.5. The molecule has 2 aromatic carbocycles. The Kier molecular flexibility index (Phi) is 7.34. The first-order chi connectivity index (χ1) is 14.3. The lowest BCUT2D eigenvalue weighted by atomic mass is 10.1. The molecule has 0 aromatic heterocycles. The van der Waals surface area contributed by atoms with Crippen LogP contribution in [0.25, 0.3) is 6.08 Å². The molecule has 0 saturated carbocycles. The maximum absolute atomic E-state index is 12.9. The fourth-order valence-corrected chi connectivity index (χ4v) is 4.02. The molecular weight excluding hydrogens is 398 g/mol. The zero-order chi connectivity index (χ0) is 21.6. The molecule has 1 aliphatic rings. The quantitative estimate of drug-likeness (QED) is 0.348. The summed E-state index contributed by atoms with van der Waals surface area (Å²) >= 11 is 1.30. The Morgan fingerprint density at radius 1 is 1.13 bits per heavy atom. The van der Waals surface area contributed by atoms with Crippen molar-refractivity contribution in [1.82, 2.24) is 4.90 Å². The van der Waals surface area contributed by atoms with Crippen molar-refractivity contribution in [2.24, 2.45) is 0 Å². The summed E-state index contributed by atoms with van der Waals surface area (Å²) in [5.74, 6) is -0.566. The van der Waals surface area contributed by atoms with E-state index in [2.05, 4.69) is 0 Å². The number of ether oxygens (including phenoxy) is 2. The number of β-lactam (4-membered cyclic amide) rings is 1. The van der Waals surface area contributed by atoms with Gasteiger partial charge in [0.2, 0.25) is 5.91 Å². The Morgan fingerprint density at radius 3 is 2.37 bits per heavy atom. The maximum Gasteiger partial charge on any atom is 0.340 e. The van der Waals surface area contributed by atoms with Gasteiger partial charge in [0.25, 0.3) is 0 Å². The molecule has 158 valence electrons. The van der Waals surface area contributed by atoms with Gasteiger partial charge in [-0.05, 0) is 38.5 Å². The SMILES string of the molecule is CC(C)(C)OC(=O)C(Sc1ccccc1)N1C(=O)CC1OC/C=C/c1ccccc1. The molecule has 1 amide bonds. The first kappa shape index (κ1) is 22.1. The van der Waals surface area contributed by atoms with Gasteiger partial charge in [-0.2, -0.15) is 0 Å². The third-order valence-electron chi connectivity index (χ3n) is 4.29. The number of rotatable bonds is 8. The maximum atomic E-state index is 12.9. The highest BCUT2D eigenvalue weighted by Gasteiger charge is 2.46. The van der Waals surface area contributed by atoms with Crippen LogP contribution in [-0.4, -0.2) is 40.6 Å². The molecule has 0 spiro atoms. The molecule has 2 unspecified atom stereocenters. The van der Waals surface area contributed by atoms with Crippen LogP contribution in [0.3, 0.4) is 0 Å². The lowest BCUT2D eigenvalue weighted by molar-refractivity contribution is -0.185. The van der Waals surface area contributed by atoms with Gasteiger partial charge in [0, 0.05) is 4.90 Å². The normalized spacial score (nSPS) is 17.6. The van der Waals surface area contributed by atoms with Gasteiger partial charge in [0.1, 0.15) is 11.8 Å². The molecule has 0 aliphatic carbocycles. The summed E-state index contributed by atoms with van der Waals surface area (Å²) in [6.07, 6.45) is 3.68. The van der Waals surface area contributed by atoms with E-state index >= 15 is 0 Å². The summed E-state index contributed by atoms with van der Waals surface area (Å²) in [6.45, 7) is 5.79. The summed E-state index contributed by atoms with van der Waals surface area (Å²) in [5, 5.41) is -0.795. The standard InChI is InChI=1S/C24H27NO4S/c1-24(2,3)29-23(27)22(30-19-14-8-5-9-15-19)25-20(26)17-21(25)28-16-10-13-18-11-6-4-7-12-18/h4-15,21-22H,16-17H2,1-3H3/b13-10+. The molecule has 1 fully saturated rings. The minimum Gasteiger partial charge on any atom is -0.458 e. The van der Waals surface area contributed by atoms with Crippen LogP contribution in [0.4, 0.5) is 0 Å². The van der Waals surface area contributed by atoms with Crippen LogP contribution < -0.4 is 0 Å². The van der Waals surface area contributed by atoms with E-state index in [1.165, 1.54) is 16.7 Å². The Bertz CT molecular complexity index is 877. The van der Waals surface area contributed by atoms with Crippen molar-refractivity contribution < 1.29 is 19.1 Å². The minimum atomic E-state index is -0.795. The summed E-state index contributed by atoms with van der Waals surface area (Å²) in [4.78, 5) is 27.7. The Hall–Kier alpha value is -2.57. The van der Waals surface area contributed by atoms with Gasteiger partial charge in [-0.25, -0.2) is 4.79 Å². The highest BCUT2D eigenvalue weighted by Crippen LogP contribution is 2.34. The summed E-state index contributed by atoms with van der Waals surface area (Å²) in [5.41, 5.74) is 0.434. The third-order valence-corrected chi connectivity index (χ3v) is 5.48. The van der Waals surface area contributed by atoms with Crippen molar-refractivity contribution >= 4 is 29.7 Å². The summed E-state index contributed by atoms with van der Waals surface area (Å²) in [7, 11) is 0. The summed E-state index contributed by atoms with van der Waals surface area (Å²) < 4.78 is 11.5. The second-order valence-electron chi connectivity index (χ2n) is 7.92. The number of esters is 1. The highest BCUT2D eigenvalue weighted by molar-refractivity contribution is 8.00. The monoisotopic (exact) mass is 425 g/mol. The van der Waals surface area contributed by atoms with Gasteiger partial charge in [-0.1, -0.05) is 72.4 Å². The van der Waals surface area contributed by atoms with Gasteiger partial charge in [-0.15, -0.1) is 0 Å². The van der Waals surface area contributed by atoms with E-state index in [4.69, 9.17) is 9.47 Å². The van der Waals surface area contributed by atoms with Gasteiger partial charge in [0.05, 0.1) is 13.0 Å². The van der Waals surface area contributed by atoms with Gasteiger partial charge >= 0.3 is 5.97 Å². The molecule has 6 heteroatoms. The predicted octanol–water partition coefficient (Wildman–Crippen LogP) is 4.73. The molecule has 0 N–H and O–H groups in total. The lowest BCUT2D eigenvalue weighted by Crippen LogP contribution is -2.60.